The number of nitrogens with zero attached hydrogens (tertiary/aromatic N) is 2. The van der Waals surface area contributed by atoms with Gasteiger partial charge in [0.05, 0.1) is 29.3 Å². The zero-order valence-corrected chi connectivity index (χ0v) is 19.1. The fourth-order valence-corrected chi connectivity index (χ4v) is 4.93. The van der Waals surface area contributed by atoms with Crippen molar-refractivity contribution < 1.29 is 9.53 Å². The summed E-state index contributed by atoms with van der Waals surface area (Å²) in [6, 6.07) is 10.4. The number of ether oxygens (including phenoxy) is 1. The summed E-state index contributed by atoms with van der Waals surface area (Å²) in [5.41, 5.74) is 3.89. The summed E-state index contributed by atoms with van der Waals surface area (Å²) >= 11 is 12.4. The Kier molecular flexibility index (Phi) is 6.14. The fraction of sp³-hybridized carbons (Fsp3) is 0.435. The van der Waals surface area contributed by atoms with Gasteiger partial charge in [0, 0.05) is 37.4 Å². The van der Waals surface area contributed by atoms with Crippen molar-refractivity contribution in [2.75, 3.05) is 36.5 Å². The lowest BCUT2D eigenvalue weighted by atomic mass is 10.1. The second-order valence-electron chi connectivity index (χ2n) is 8.21. The van der Waals surface area contributed by atoms with Crippen molar-refractivity contribution >= 4 is 40.5 Å². The number of hydrogen-bond acceptors (Lipinski definition) is 4. The van der Waals surface area contributed by atoms with Gasteiger partial charge in [0.1, 0.15) is 5.75 Å². The van der Waals surface area contributed by atoms with Gasteiger partial charge in [-0.15, -0.1) is 0 Å². The SMILES string of the molecule is COc1cc2c(cc1N1CC(C)NC(C)C1)N(C(=O)Cc1cccc(Cl)c1Cl)CC2. The second-order valence-corrected chi connectivity index (χ2v) is 9.00. The number of methoxy groups -OCH3 is 1. The molecule has 1 N–H and O–H groups in total. The molecule has 4 rings (SSSR count). The first kappa shape index (κ1) is 21.3. The zero-order chi connectivity index (χ0) is 21.4. The van der Waals surface area contributed by atoms with Crippen LogP contribution in [0.25, 0.3) is 0 Å². The molecule has 1 fully saturated rings. The van der Waals surface area contributed by atoms with Crippen LogP contribution in [0.1, 0.15) is 25.0 Å². The van der Waals surface area contributed by atoms with E-state index in [1.165, 1.54) is 0 Å². The maximum atomic E-state index is 13.2. The minimum absolute atomic E-state index is 0.0241. The van der Waals surface area contributed by atoms with Gasteiger partial charge < -0.3 is 19.9 Å². The van der Waals surface area contributed by atoms with Crippen molar-refractivity contribution in [2.24, 2.45) is 0 Å². The summed E-state index contributed by atoms with van der Waals surface area (Å²) in [6.07, 6.45) is 1.04. The first-order chi connectivity index (χ1) is 14.4. The topological polar surface area (TPSA) is 44.8 Å². The van der Waals surface area contributed by atoms with Gasteiger partial charge in [-0.2, -0.15) is 0 Å². The number of carbonyl (C=O) groups excluding carboxylic acids is 1. The van der Waals surface area contributed by atoms with Gasteiger partial charge in [0.2, 0.25) is 5.91 Å². The van der Waals surface area contributed by atoms with Crippen molar-refractivity contribution in [1.29, 1.82) is 0 Å². The Hall–Kier alpha value is -1.95. The first-order valence-corrected chi connectivity index (χ1v) is 11.1. The number of carbonyl (C=O) groups is 1. The van der Waals surface area contributed by atoms with Crippen LogP contribution < -0.4 is 19.9 Å². The van der Waals surface area contributed by atoms with Crippen molar-refractivity contribution in [1.82, 2.24) is 5.32 Å². The molecule has 0 radical (unpaired) electrons. The van der Waals surface area contributed by atoms with Gasteiger partial charge in [0.25, 0.3) is 0 Å². The molecule has 1 saturated heterocycles. The van der Waals surface area contributed by atoms with Gasteiger partial charge in [0.15, 0.2) is 0 Å². The average Bonchev–Trinajstić information content (AvgIpc) is 3.12. The molecule has 2 unspecified atom stereocenters. The predicted molar refractivity (Wildman–Crippen MR) is 123 cm³/mol. The molecule has 30 heavy (non-hydrogen) atoms. The average molecular weight is 448 g/mol. The molecule has 2 aromatic carbocycles. The molecule has 0 aromatic heterocycles. The molecule has 0 spiro atoms. The van der Waals surface area contributed by atoms with Gasteiger partial charge >= 0.3 is 0 Å². The lowest BCUT2D eigenvalue weighted by Crippen LogP contribution is -2.54. The third kappa shape index (κ3) is 4.11. The Morgan fingerprint density at radius 1 is 1.17 bits per heavy atom. The van der Waals surface area contributed by atoms with Crippen molar-refractivity contribution in [2.45, 2.75) is 38.8 Å². The summed E-state index contributed by atoms with van der Waals surface area (Å²) in [5, 5.41) is 4.48. The number of hydrogen-bond donors (Lipinski definition) is 1. The highest BCUT2D eigenvalue weighted by atomic mass is 35.5. The second kappa shape index (κ2) is 8.66. The maximum absolute atomic E-state index is 13.2. The van der Waals surface area contributed by atoms with Gasteiger partial charge in [-0.25, -0.2) is 0 Å². The summed E-state index contributed by atoms with van der Waals surface area (Å²) in [4.78, 5) is 17.4. The number of halogens is 2. The number of piperazine rings is 1. The van der Waals surface area contributed by atoms with Gasteiger partial charge in [-0.3, -0.25) is 4.79 Å². The highest BCUT2D eigenvalue weighted by molar-refractivity contribution is 6.42. The molecule has 5 nitrogen and oxygen atoms in total. The number of rotatable bonds is 4. The van der Waals surface area contributed by atoms with Crippen LogP contribution in [0.2, 0.25) is 10.0 Å². The molecule has 0 bridgehead atoms. The van der Waals surface area contributed by atoms with E-state index in [1.807, 2.05) is 17.0 Å². The third-order valence-corrected chi connectivity index (χ3v) is 6.71. The smallest absolute Gasteiger partial charge is 0.231 e. The predicted octanol–water partition coefficient (Wildman–Crippen LogP) is 4.32. The Bertz CT molecular complexity index is 956. The van der Waals surface area contributed by atoms with E-state index in [4.69, 9.17) is 27.9 Å². The van der Waals surface area contributed by atoms with Crippen molar-refractivity contribution in [3.05, 3.63) is 51.5 Å². The molecular weight excluding hydrogens is 421 g/mol. The van der Waals surface area contributed by atoms with Crippen LogP contribution in [0, 0.1) is 0 Å². The van der Waals surface area contributed by atoms with Crippen LogP contribution in [-0.4, -0.2) is 44.7 Å². The Labute approximate surface area is 187 Å². The lowest BCUT2D eigenvalue weighted by Gasteiger charge is -2.38. The molecule has 160 valence electrons. The van der Waals surface area contributed by atoms with Crippen LogP contribution in [0.3, 0.4) is 0 Å². The zero-order valence-electron chi connectivity index (χ0n) is 17.5. The molecule has 0 saturated carbocycles. The van der Waals surface area contributed by atoms with Gasteiger partial charge in [-0.1, -0.05) is 35.3 Å². The number of nitrogens with one attached hydrogen (secondary N) is 1. The quantitative estimate of drug-likeness (QED) is 0.757. The minimum Gasteiger partial charge on any atom is -0.495 e. The highest BCUT2D eigenvalue weighted by Gasteiger charge is 2.30. The molecule has 0 aliphatic carbocycles. The van der Waals surface area contributed by atoms with Crippen molar-refractivity contribution in [3.8, 4) is 5.75 Å². The number of fused-ring (bicyclic) bond motifs is 1. The van der Waals surface area contributed by atoms with Gasteiger partial charge in [-0.05, 0) is 49.6 Å². The highest BCUT2D eigenvalue weighted by Crippen LogP contribution is 2.40. The van der Waals surface area contributed by atoms with E-state index < -0.39 is 0 Å². The summed E-state index contributed by atoms with van der Waals surface area (Å²) < 4.78 is 5.72. The molecule has 2 aliphatic rings. The van der Waals surface area contributed by atoms with Crippen LogP contribution in [0.15, 0.2) is 30.3 Å². The Morgan fingerprint density at radius 3 is 2.60 bits per heavy atom. The van der Waals surface area contributed by atoms with E-state index in [2.05, 4.69) is 36.2 Å². The number of benzene rings is 2. The first-order valence-electron chi connectivity index (χ1n) is 10.3. The van der Waals surface area contributed by atoms with E-state index >= 15 is 0 Å². The lowest BCUT2D eigenvalue weighted by molar-refractivity contribution is -0.117. The number of amides is 1. The van der Waals surface area contributed by atoms with E-state index in [0.717, 1.165) is 47.8 Å². The van der Waals surface area contributed by atoms with Crippen LogP contribution in [0.5, 0.6) is 5.75 Å². The molecule has 2 atom stereocenters. The summed E-state index contributed by atoms with van der Waals surface area (Å²) in [6.45, 7) is 6.82. The summed E-state index contributed by atoms with van der Waals surface area (Å²) in [7, 11) is 1.71. The normalized spacial score (nSPS) is 21.0. The standard InChI is InChI=1S/C23H27Cl2N3O2/c1-14-12-27(13-15(2)26-14)20-11-19-16(9-21(20)30-3)7-8-28(19)22(29)10-17-5-4-6-18(24)23(17)25/h4-6,9,11,14-15,26H,7-8,10,12-13H2,1-3H3. The molecule has 7 heteroatoms. The van der Waals surface area contributed by atoms with E-state index in [9.17, 15) is 4.79 Å². The largest absolute Gasteiger partial charge is 0.495 e. The Balaban J connectivity index is 1.63. The van der Waals surface area contributed by atoms with E-state index in [1.54, 1.807) is 13.2 Å². The number of anilines is 2. The molecule has 2 aliphatic heterocycles. The van der Waals surface area contributed by atoms with Crippen LogP contribution >= 0.6 is 23.2 Å². The van der Waals surface area contributed by atoms with E-state index in [-0.39, 0.29) is 12.3 Å². The van der Waals surface area contributed by atoms with E-state index in [0.29, 0.717) is 28.7 Å². The minimum atomic E-state index is 0.0241. The van der Waals surface area contributed by atoms with Crippen LogP contribution in [-0.2, 0) is 17.6 Å². The Morgan fingerprint density at radius 2 is 1.90 bits per heavy atom. The monoisotopic (exact) mass is 447 g/mol. The summed E-state index contributed by atoms with van der Waals surface area (Å²) in [5.74, 6) is 0.887. The third-order valence-electron chi connectivity index (χ3n) is 5.85. The molecule has 2 aromatic rings. The maximum Gasteiger partial charge on any atom is 0.231 e. The molecular formula is C23H27Cl2N3O2. The molecule has 2 heterocycles. The van der Waals surface area contributed by atoms with Crippen LogP contribution in [0.4, 0.5) is 11.4 Å². The van der Waals surface area contributed by atoms with Crippen molar-refractivity contribution in [3.63, 3.8) is 0 Å². The molecule has 1 amide bonds. The fourth-order valence-electron chi connectivity index (χ4n) is 4.54.